The van der Waals surface area contributed by atoms with Gasteiger partial charge in [0.1, 0.15) is 0 Å². The van der Waals surface area contributed by atoms with Gasteiger partial charge in [0.05, 0.1) is 16.6 Å². The smallest absolute Gasteiger partial charge is 0.305 e. The highest BCUT2D eigenvalue weighted by Gasteiger charge is 2.30. The van der Waals surface area contributed by atoms with Crippen LogP contribution < -0.4 is 16.1 Å². The number of fused-ring (bicyclic) bond motifs is 1. The number of alkyl halides is 2. The molecule has 2 aromatic heterocycles. The van der Waals surface area contributed by atoms with E-state index >= 15 is 0 Å². The summed E-state index contributed by atoms with van der Waals surface area (Å²) in [5.74, 6) is 0.526. The van der Waals surface area contributed by atoms with Crippen molar-refractivity contribution in [1.82, 2.24) is 19.4 Å². The second-order valence-corrected chi connectivity index (χ2v) is 7.43. The molecular formula is C16H17F2N5O2S. The van der Waals surface area contributed by atoms with E-state index in [1.807, 2.05) is 0 Å². The normalized spacial score (nSPS) is 13.1. The zero-order chi connectivity index (χ0) is 19.2. The lowest BCUT2D eigenvalue weighted by Crippen LogP contribution is -2.39. The minimum absolute atomic E-state index is 0.0422. The standard InChI is InChI=1S/C16H17F2N5O2S/c1-16(17,18)11-8-12-10(7-9(11)13-5-6-19-22(13)2)14(24)23(15(25)20-12)21-26(3)4/h5-8,21H,3H2,1-2,4H3,(H,20,25). The van der Waals surface area contributed by atoms with Gasteiger partial charge in [-0.15, -0.1) is 0 Å². The number of benzene rings is 1. The van der Waals surface area contributed by atoms with Crippen molar-refractivity contribution in [1.29, 1.82) is 0 Å². The lowest BCUT2D eigenvalue weighted by atomic mass is 9.97. The largest absolute Gasteiger partial charge is 0.348 e. The number of rotatable bonds is 4. The molecule has 2 N–H and O–H groups in total. The van der Waals surface area contributed by atoms with E-state index in [1.54, 1.807) is 19.4 Å². The van der Waals surface area contributed by atoms with E-state index in [9.17, 15) is 18.4 Å². The molecular weight excluding hydrogens is 364 g/mol. The Morgan fingerprint density at radius 1 is 1.35 bits per heavy atom. The zero-order valence-electron chi connectivity index (χ0n) is 14.3. The summed E-state index contributed by atoms with van der Waals surface area (Å²) in [5.41, 5.74) is -1.04. The molecule has 0 fully saturated rings. The van der Waals surface area contributed by atoms with E-state index in [-0.39, 0.29) is 22.0 Å². The number of aryl methyl sites for hydroxylation is 1. The van der Waals surface area contributed by atoms with Gasteiger partial charge in [0.25, 0.3) is 11.5 Å². The molecule has 0 aliphatic rings. The predicted molar refractivity (Wildman–Crippen MR) is 101 cm³/mol. The molecule has 1 aromatic carbocycles. The average Bonchev–Trinajstić information content (AvgIpc) is 2.95. The fourth-order valence-electron chi connectivity index (χ4n) is 2.72. The minimum Gasteiger partial charge on any atom is -0.305 e. The predicted octanol–water partition coefficient (Wildman–Crippen LogP) is 1.99. The summed E-state index contributed by atoms with van der Waals surface area (Å²) in [6, 6.07) is 4.07. The van der Waals surface area contributed by atoms with Gasteiger partial charge in [0, 0.05) is 31.3 Å². The highest BCUT2D eigenvalue weighted by Crippen LogP contribution is 2.37. The Labute approximate surface area is 149 Å². The fourth-order valence-corrected chi connectivity index (χ4v) is 3.19. The Morgan fingerprint density at radius 3 is 2.58 bits per heavy atom. The number of nitrogens with zero attached hydrogens (tertiary/aromatic N) is 3. The third-order valence-corrected chi connectivity index (χ3v) is 4.35. The topological polar surface area (TPSA) is 84.7 Å². The number of aromatic amines is 1. The van der Waals surface area contributed by atoms with Gasteiger partial charge in [-0.05, 0) is 24.5 Å². The number of H-pyrrole nitrogens is 1. The Bertz CT molecular complexity index is 1140. The summed E-state index contributed by atoms with van der Waals surface area (Å²) in [6.07, 6.45) is 3.17. The highest BCUT2D eigenvalue weighted by molar-refractivity contribution is 8.14. The first-order valence-electron chi connectivity index (χ1n) is 7.51. The van der Waals surface area contributed by atoms with E-state index in [4.69, 9.17) is 0 Å². The van der Waals surface area contributed by atoms with Gasteiger partial charge in [-0.3, -0.25) is 14.3 Å². The van der Waals surface area contributed by atoms with Crippen molar-refractivity contribution in [2.45, 2.75) is 12.8 Å². The summed E-state index contributed by atoms with van der Waals surface area (Å²) in [5, 5.41) is 4.10. The monoisotopic (exact) mass is 381 g/mol. The van der Waals surface area contributed by atoms with E-state index in [1.165, 1.54) is 16.9 Å². The molecule has 0 aliphatic heterocycles. The van der Waals surface area contributed by atoms with Gasteiger partial charge in [-0.1, -0.05) is 16.5 Å². The third kappa shape index (κ3) is 3.07. The van der Waals surface area contributed by atoms with Crippen LogP contribution in [0.25, 0.3) is 22.2 Å². The van der Waals surface area contributed by atoms with Crippen LogP contribution >= 0.6 is 10.7 Å². The quantitative estimate of drug-likeness (QED) is 0.677. The van der Waals surface area contributed by atoms with Crippen molar-refractivity contribution in [3.8, 4) is 11.3 Å². The fraction of sp³-hybridized carbons (Fsp3) is 0.250. The third-order valence-electron chi connectivity index (χ3n) is 3.85. The molecule has 2 heterocycles. The van der Waals surface area contributed by atoms with Gasteiger partial charge < -0.3 is 4.98 Å². The van der Waals surface area contributed by atoms with Crippen LogP contribution in [0, 0.1) is 0 Å². The van der Waals surface area contributed by atoms with Gasteiger partial charge >= 0.3 is 5.69 Å². The molecule has 3 aromatic rings. The van der Waals surface area contributed by atoms with Crippen LogP contribution in [0.1, 0.15) is 12.5 Å². The Morgan fingerprint density at radius 2 is 2.04 bits per heavy atom. The number of aromatic nitrogens is 4. The number of hydrogen-bond acceptors (Lipinski definition) is 4. The molecule has 10 heteroatoms. The summed E-state index contributed by atoms with van der Waals surface area (Å²) in [4.78, 5) is 30.0. The summed E-state index contributed by atoms with van der Waals surface area (Å²) >= 11 is 0. The van der Waals surface area contributed by atoms with Gasteiger partial charge in [0.15, 0.2) is 0 Å². The first kappa shape index (κ1) is 18.1. The average molecular weight is 381 g/mol. The molecule has 0 amide bonds. The molecule has 138 valence electrons. The van der Waals surface area contributed by atoms with Crippen molar-refractivity contribution in [3.63, 3.8) is 0 Å². The Balaban J connectivity index is 2.42. The molecule has 26 heavy (non-hydrogen) atoms. The second-order valence-electron chi connectivity index (χ2n) is 5.97. The van der Waals surface area contributed by atoms with Crippen molar-refractivity contribution < 1.29 is 8.78 Å². The van der Waals surface area contributed by atoms with Crippen molar-refractivity contribution in [2.75, 3.05) is 11.1 Å². The molecule has 1 unspecified atom stereocenters. The maximum Gasteiger partial charge on any atom is 0.348 e. The second kappa shape index (κ2) is 6.20. The molecule has 0 bridgehead atoms. The van der Waals surface area contributed by atoms with Crippen LogP contribution in [-0.2, 0) is 13.0 Å². The molecule has 0 aliphatic carbocycles. The van der Waals surface area contributed by atoms with Crippen molar-refractivity contribution in [2.24, 2.45) is 7.05 Å². The Kier molecular flexibility index (Phi) is 4.31. The van der Waals surface area contributed by atoms with Crippen molar-refractivity contribution in [3.05, 3.63) is 50.8 Å². The lowest BCUT2D eigenvalue weighted by molar-refractivity contribution is 0.0181. The zero-order valence-corrected chi connectivity index (χ0v) is 15.2. The van der Waals surface area contributed by atoms with Crippen molar-refractivity contribution >= 4 is 27.4 Å². The molecule has 3 rings (SSSR count). The van der Waals surface area contributed by atoms with E-state index in [2.05, 4.69) is 20.8 Å². The molecule has 7 nitrogen and oxygen atoms in total. The van der Waals surface area contributed by atoms with E-state index < -0.39 is 27.8 Å². The summed E-state index contributed by atoms with van der Waals surface area (Å²) < 4.78 is 30.6. The number of nitrogens with one attached hydrogen (secondary N) is 2. The molecule has 0 radical (unpaired) electrons. The van der Waals surface area contributed by atoms with Crippen LogP contribution in [0.4, 0.5) is 8.78 Å². The molecule has 0 spiro atoms. The number of hydrogen-bond donors (Lipinski definition) is 2. The van der Waals surface area contributed by atoms with E-state index in [0.29, 0.717) is 5.69 Å². The van der Waals surface area contributed by atoms with Gasteiger partial charge in [-0.2, -0.15) is 9.77 Å². The van der Waals surface area contributed by atoms with Crippen LogP contribution in [0.2, 0.25) is 0 Å². The van der Waals surface area contributed by atoms with Gasteiger partial charge in [0.2, 0.25) is 0 Å². The number of halogens is 2. The molecule has 1 atom stereocenters. The molecule has 0 saturated heterocycles. The maximum absolute atomic E-state index is 14.2. The van der Waals surface area contributed by atoms with Crippen LogP contribution in [-0.4, -0.2) is 31.6 Å². The maximum atomic E-state index is 14.2. The van der Waals surface area contributed by atoms with Crippen LogP contribution in [0.3, 0.4) is 0 Å². The Hall–Kier alpha value is -2.75. The summed E-state index contributed by atoms with van der Waals surface area (Å²) in [7, 11) is 0.942. The first-order chi connectivity index (χ1) is 12.1. The van der Waals surface area contributed by atoms with Gasteiger partial charge in [-0.25, -0.2) is 13.6 Å². The first-order valence-corrected chi connectivity index (χ1v) is 9.32. The van der Waals surface area contributed by atoms with E-state index in [0.717, 1.165) is 17.7 Å². The summed E-state index contributed by atoms with van der Waals surface area (Å²) in [6.45, 7) is 0.764. The highest BCUT2D eigenvalue weighted by atomic mass is 32.2. The molecule has 0 saturated carbocycles. The van der Waals surface area contributed by atoms with Crippen LogP contribution in [0.15, 0.2) is 34.0 Å². The lowest BCUT2D eigenvalue weighted by Gasteiger charge is -2.18. The SMILES string of the molecule is C=S(C)Nn1c(=O)[nH]c2cc(C(C)(F)F)c(-c3ccnn3C)cc2c1=O. The van der Waals surface area contributed by atoms with Crippen LogP contribution in [0.5, 0.6) is 0 Å². The minimum atomic E-state index is -3.18.